The molecule has 1 atom stereocenters. The highest BCUT2D eigenvalue weighted by atomic mass is 35.5. The molecule has 6 nitrogen and oxygen atoms in total. The number of aryl methyl sites for hydroxylation is 1. The zero-order valence-corrected chi connectivity index (χ0v) is 19.3. The highest BCUT2D eigenvalue weighted by Gasteiger charge is 2.48. The molecular formula is C27H21ClN2O4. The minimum atomic E-state index is -0.850. The van der Waals surface area contributed by atoms with Crippen LogP contribution in [0, 0.1) is 0 Å². The Morgan fingerprint density at radius 2 is 1.71 bits per heavy atom. The first-order chi connectivity index (χ1) is 16.4. The van der Waals surface area contributed by atoms with Crippen molar-refractivity contribution in [2.45, 2.75) is 6.04 Å². The van der Waals surface area contributed by atoms with Crippen molar-refractivity contribution in [2.24, 2.45) is 7.05 Å². The number of benzene rings is 3. The van der Waals surface area contributed by atoms with Crippen LogP contribution in [0.3, 0.4) is 0 Å². The number of fused-ring (bicyclic) bond motifs is 1. The van der Waals surface area contributed by atoms with E-state index in [9.17, 15) is 14.7 Å². The van der Waals surface area contributed by atoms with Crippen LogP contribution in [-0.4, -0.2) is 28.5 Å². The average Bonchev–Trinajstić information content (AvgIpc) is 3.32. The summed E-state index contributed by atoms with van der Waals surface area (Å²) in [5, 5.41) is 12.7. The molecule has 5 rings (SSSR count). The smallest absolute Gasteiger partial charge is 0.300 e. The van der Waals surface area contributed by atoms with Gasteiger partial charge in [-0.3, -0.25) is 14.5 Å². The van der Waals surface area contributed by atoms with Crippen LogP contribution >= 0.6 is 11.6 Å². The monoisotopic (exact) mass is 472 g/mol. The number of rotatable bonds is 4. The number of ketones is 1. The Kier molecular flexibility index (Phi) is 5.38. The maximum Gasteiger partial charge on any atom is 0.300 e. The first kappa shape index (κ1) is 21.8. The van der Waals surface area contributed by atoms with E-state index in [1.165, 1.54) is 18.1 Å². The molecule has 170 valence electrons. The van der Waals surface area contributed by atoms with Gasteiger partial charge in [-0.05, 0) is 36.4 Å². The van der Waals surface area contributed by atoms with Crippen molar-refractivity contribution in [3.8, 4) is 5.75 Å². The molecule has 1 unspecified atom stereocenters. The van der Waals surface area contributed by atoms with E-state index < -0.39 is 17.7 Å². The predicted octanol–water partition coefficient (Wildman–Crippen LogP) is 5.47. The van der Waals surface area contributed by atoms with Gasteiger partial charge in [0.05, 0.1) is 24.3 Å². The number of aromatic nitrogens is 1. The lowest BCUT2D eigenvalue weighted by Crippen LogP contribution is -2.29. The first-order valence-electron chi connectivity index (χ1n) is 10.7. The first-order valence-corrected chi connectivity index (χ1v) is 11.0. The van der Waals surface area contributed by atoms with Crippen LogP contribution < -0.4 is 9.64 Å². The van der Waals surface area contributed by atoms with E-state index >= 15 is 0 Å². The maximum absolute atomic E-state index is 13.4. The van der Waals surface area contributed by atoms with Gasteiger partial charge in [0.2, 0.25) is 0 Å². The van der Waals surface area contributed by atoms with Crippen molar-refractivity contribution in [1.29, 1.82) is 0 Å². The number of carbonyl (C=O) groups excluding carboxylic acids is 2. The Morgan fingerprint density at radius 3 is 2.44 bits per heavy atom. The van der Waals surface area contributed by atoms with Crippen LogP contribution in [0.1, 0.15) is 17.2 Å². The van der Waals surface area contributed by atoms with E-state index in [4.69, 9.17) is 16.3 Å². The number of halogens is 1. The third-order valence-corrected chi connectivity index (χ3v) is 6.35. The van der Waals surface area contributed by atoms with Gasteiger partial charge >= 0.3 is 0 Å². The van der Waals surface area contributed by atoms with Crippen molar-refractivity contribution in [1.82, 2.24) is 4.57 Å². The van der Waals surface area contributed by atoms with Gasteiger partial charge in [-0.25, -0.2) is 0 Å². The molecule has 3 aromatic carbocycles. The minimum Gasteiger partial charge on any atom is -0.507 e. The number of para-hydroxylation sites is 2. The molecule has 34 heavy (non-hydrogen) atoms. The van der Waals surface area contributed by atoms with Crippen molar-refractivity contribution in [3.63, 3.8) is 0 Å². The fourth-order valence-electron chi connectivity index (χ4n) is 4.58. The summed E-state index contributed by atoms with van der Waals surface area (Å²) in [6, 6.07) is 20.6. The van der Waals surface area contributed by atoms with Gasteiger partial charge in [0.15, 0.2) is 0 Å². The molecule has 1 aromatic heterocycles. The van der Waals surface area contributed by atoms with Crippen molar-refractivity contribution >= 4 is 45.6 Å². The normalized spacial score (nSPS) is 17.5. The Balaban J connectivity index is 1.83. The number of nitrogens with zero attached hydrogens (tertiary/aromatic N) is 2. The van der Waals surface area contributed by atoms with Crippen LogP contribution in [0.25, 0.3) is 16.7 Å². The van der Waals surface area contributed by atoms with Gasteiger partial charge in [0.25, 0.3) is 11.7 Å². The summed E-state index contributed by atoms with van der Waals surface area (Å²) in [5.74, 6) is -1.49. The molecule has 1 aliphatic rings. The second-order valence-electron chi connectivity index (χ2n) is 8.06. The number of carbonyl (C=O) groups is 2. The maximum atomic E-state index is 13.4. The molecule has 7 heteroatoms. The van der Waals surface area contributed by atoms with E-state index in [-0.39, 0.29) is 16.9 Å². The third-order valence-electron chi connectivity index (χ3n) is 6.12. The van der Waals surface area contributed by atoms with Crippen molar-refractivity contribution in [2.75, 3.05) is 12.0 Å². The number of amides is 1. The average molecular weight is 473 g/mol. The second-order valence-corrected chi connectivity index (χ2v) is 8.50. The molecule has 0 bridgehead atoms. The van der Waals surface area contributed by atoms with Crippen LogP contribution in [-0.2, 0) is 16.6 Å². The van der Waals surface area contributed by atoms with Crippen LogP contribution in [0.5, 0.6) is 5.75 Å². The quantitative estimate of drug-likeness (QED) is 0.243. The Hall–Kier alpha value is -4.03. The third kappa shape index (κ3) is 3.35. The molecule has 0 radical (unpaired) electrons. The van der Waals surface area contributed by atoms with Gasteiger partial charge in [0.1, 0.15) is 11.5 Å². The van der Waals surface area contributed by atoms with Crippen LogP contribution in [0.2, 0.25) is 5.02 Å². The Bertz CT molecular complexity index is 1470. The van der Waals surface area contributed by atoms with Crippen LogP contribution in [0.4, 0.5) is 5.69 Å². The lowest BCUT2D eigenvalue weighted by molar-refractivity contribution is -0.132. The summed E-state index contributed by atoms with van der Waals surface area (Å²) in [5.41, 5.74) is 2.44. The standard InChI is InChI=1S/C27H21ClN2O4/c1-29-15-20(18-10-6-7-11-21(18)29)24-23(25(31)19-14-16(28)12-13-22(19)34-2)26(32)27(33)30(24)17-8-4-3-5-9-17/h3-15,24,31H,1-2H3/b25-23+. The van der Waals surface area contributed by atoms with Gasteiger partial charge in [-0.2, -0.15) is 0 Å². The summed E-state index contributed by atoms with van der Waals surface area (Å²) in [7, 11) is 3.37. The molecule has 1 N–H and O–H groups in total. The highest BCUT2D eigenvalue weighted by Crippen LogP contribution is 2.45. The van der Waals surface area contributed by atoms with E-state index in [2.05, 4.69) is 0 Å². The minimum absolute atomic E-state index is 0.0224. The second kappa shape index (κ2) is 8.39. The Morgan fingerprint density at radius 1 is 1.00 bits per heavy atom. The molecule has 0 aliphatic carbocycles. The molecular weight excluding hydrogens is 452 g/mol. The summed E-state index contributed by atoms with van der Waals surface area (Å²) in [6.07, 6.45) is 1.89. The number of aliphatic hydroxyl groups is 1. The molecule has 1 fully saturated rings. The van der Waals surface area contributed by atoms with Crippen LogP contribution in [0.15, 0.2) is 84.6 Å². The topological polar surface area (TPSA) is 71.8 Å². The van der Waals surface area contributed by atoms with Gasteiger partial charge in [-0.1, -0.05) is 48.0 Å². The number of Topliss-reactive ketones (excluding diaryl/α,β-unsaturated/α-hetero) is 1. The lowest BCUT2D eigenvalue weighted by atomic mass is 9.94. The highest BCUT2D eigenvalue weighted by molar-refractivity contribution is 6.52. The molecule has 2 heterocycles. The van der Waals surface area contributed by atoms with Gasteiger partial charge < -0.3 is 14.4 Å². The van der Waals surface area contributed by atoms with Gasteiger partial charge in [-0.15, -0.1) is 0 Å². The number of methoxy groups -OCH3 is 1. The molecule has 0 spiro atoms. The molecule has 1 aliphatic heterocycles. The lowest BCUT2D eigenvalue weighted by Gasteiger charge is -2.25. The summed E-state index contributed by atoms with van der Waals surface area (Å²) in [4.78, 5) is 28.2. The zero-order chi connectivity index (χ0) is 24.0. The van der Waals surface area contributed by atoms with Gasteiger partial charge in [0, 0.05) is 40.4 Å². The number of anilines is 1. The van der Waals surface area contributed by atoms with E-state index in [1.54, 1.807) is 36.4 Å². The molecule has 4 aromatic rings. The Labute approximate surface area is 201 Å². The molecule has 1 saturated heterocycles. The largest absolute Gasteiger partial charge is 0.507 e. The zero-order valence-electron chi connectivity index (χ0n) is 18.5. The summed E-state index contributed by atoms with van der Waals surface area (Å²) < 4.78 is 7.34. The number of hydrogen-bond acceptors (Lipinski definition) is 4. The number of ether oxygens (including phenoxy) is 1. The van der Waals surface area contributed by atoms with E-state index in [0.717, 1.165) is 16.5 Å². The summed E-state index contributed by atoms with van der Waals surface area (Å²) in [6.45, 7) is 0. The molecule has 1 amide bonds. The predicted molar refractivity (Wildman–Crippen MR) is 132 cm³/mol. The summed E-state index contributed by atoms with van der Waals surface area (Å²) >= 11 is 6.19. The number of aliphatic hydroxyl groups excluding tert-OH is 1. The fraction of sp³-hybridized carbons (Fsp3) is 0.111. The van der Waals surface area contributed by atoms with E-state index in [1.807, 2.05) is 48.1 Å². The van der Waals surface area contributed by atoms with E-state index in [0.29, 0.717) is 16.5 Å². The molecule has 0 saturated carbocycles. The van der Waals surface area contributed by atoms with Crippen molar-refractivity contribution in [3.05, 3.63) is 101 Å². The van der Waals surface area contributed by atoms with Crippen molar-refractivity contribution < 1.29 is 19.4 Å². The SMILES string of the molecule is COc1ccc(Cl)cc1/C(O)=C1\C(=O)C(=O)N(c2ccccc2)C1c1cn(C)c2ccccc12. The number of hydrogen-bond donors (Lipinski definition) is 1. The fourth-order valence-corrected chi connectivity index (χ4v) is 4.76.